The van der Waals surface area contributed by atoms with Gasteiger partial charge in [-0.3, -0.25) is 4.79 Å². The van der Waals surface area contributed by atoms with Gasteiger partial charge >= 0.3 is 0 Å². The second-order valence-electron chi connectivity index (χ2n) is 6.73. The van der Waals surface area contributed by atoms with Crippen molar-refractivity contribution in [2.24, 2.45) is 0 Å². The molecule has 0 aliphatic heterocycles. The lowest BCUT2D eigenvalue weighted by atomic mass is 10.1. The first kappa shape index (κ1) is 20.0. The van der Waals surface area contributed by atoms with Crippen molar-refractivity contribution >= 4 is 17.4 Å². The van der Waals surface area contributed by atoms with Crippen molar-refractivity contribution in [2.75, 3.05) is 6.54 Å². The molecular formula is C22H25N3O2S. The van der Waals surface area contributed by atoms with E-state index in [0.717, 1.165) is 30.7 Å². The van der Waals surface area contributed by atoms with Crippen molar-refractivity contribution in [3.63, 3.8) is 0 Å². The fraction of sp³-hybridized carbons (Fsp3) is 0.318. The Balaban J connectivity index is 1.59. The summed E-state index contributed by atoms with van der Waals surface area (Å²) in [5, 5.41) is 3.41. The second kappa shape index (κ2) is 9.99. The average molecular weight is 396 g/mol. The van der Waals surface area contributed by atoms with Crippen molar-refractivity contribution in [1.29, 1.82) is 0 Å². The number of hydrogen-bond acceptors (Lipinski definition) is 5. The van der Waals surface area contributed by atoms with Gasteiger partial charge in [-0.05, 0) is 37.1 Å². The van der Waals surface area contributed by atoms with E-state index in [0.29, 0.717) is 29.5 Å². The molecule has 1 heterocycles. The Bertz CT molecular complexity index is 906. The Kier molecular flexibility index (Phi) is 7.14. The fourth-order valence-corrected chi connectivity index (χ4v) is 3.29. The molecule has 0 fully saturated rings. The Hall–Kier alpha value is -2.73. The zero-order chi connectivity index (χ0) is 19.8. The molecule has 3 aromatic rings. The SMILES string of the molecule is CCCCCNC(=O)c1cccc(Oc2nc(Cc3ccc(C)cc3)ns2)c1. The summed E-state index contributed by atoms with van der Waals surface area (Å²) in [6.45, 7) is 4.90. The minimum absolute atomic E-state index is 0.0844. The summed E-state index contributed by atoms with van der Waals surface area (Å²) < 4.78 is 10.2. The van der Waals surface area contributed by atoms with Crippen LogP contribution in [-0.4, -0.2) is 21.8 Å². The summed E-state index contributed by atoms with van der Waals surface area (Å²) in [5.41, 5.74) is 2.98. The van der Waals surface area contributed by atoms with Gasteiger partial charge in [0.2, 0.25) is 0 Å². The normalized spacial score (nSPS) is 10.6. The Morgan fingerprint density at radius 3 is 2.75 bits per heavy atom. The first-order valence-corrected chi connectivity index (χ1v) is 10.4. The van der Waals surface area contributed by atoms with E-state index >= 15 is 0 Å². The maximum atomic E-state index is 12.3. The molecule has 2 aromatic carbocycles. The van der Waals surface area contributed by atoms with Crippen LogP contribution in [-0.2, 0) is 6.42 Å². The van der Waals surface area contributed by atoms with Gasteiger partial charge in [-0.2, -0.15) is 9.36 Å². The van der Waals surface area contributed by atoms with Crippen LogP contribution < -0.4 is 10.1 Å². The lowest BCUT2D eigenvalue weighted by Gasteiger charge is -2.06. The van der Waals surface area contributed by atoms with Gasteiger partial charge in [-0.15, -0.1) is 0 Å². The number of aryl methyl sites for hydroxylation is 1. The summed E-state index contributed by atoms with van der Waals surface area (Å²) in [5.74, 6) is 1.23. The van der Waals surface area contributed by atoms with Gasteiger partial charge in [-0.1, -0.05) is 55.7 Å². The Morgan fingerprint density at radius 2 is 1.96 bits per heavy atom. The van der Waals surface area contributed by atoms with Crippen LogP contribution in [0.25, 0.3) is 0 Å². The van der Waals surface area contributed by atoms with Crippen LogP contribution >= 0.6 is 11.5 Å². The van der Waals surface area contributed by atoms with Gasteiger partial charge < -0.3 is 10.1 Å². The Labute approximate surface area is 170 Å². The number of ether oxygens (including phenoxy) is 1. The van der Waals surface area contributed by atoms with Crippen LogP contribution in [0.4, 0.5) is 0 Å². The number of nitrogens with one attached hydrogen (secondary N) is 1. The highest BCUT2D eigenvalue weighted by Gasteiger charge is 2.10. The quantitative estimate of drug-likeness (QED) is 0.509. The number of nitrogens with zero attached hydrogens (tertiary/aromatic N) is 2. The van der Waals surface area contributed by atoms with Crippen molar-refractivity contribution in [1.82, 2.24) is 14.7 Å². The largest absolute Gasteiger partial charge is 0.430 e. The monoisotopic (exact) mass is 395 g/mol. The number of rotatable bonds is 9. The first-order chi connectivity index (χ1) is 13.6. The fourth-order valence-electron chi connectivity index (χ4n) is 2.72. The highest BCUT2D eigenvalue weighted by molar-refractivity contribution is 7.07. The number of aromatic nitrogens is 2. The molecule has 6 heteroatoms. The number of carbonyl (C=O) groups is 1. The molecule has 1 aromatic heterocycles. The van der Waals surface area contributed by atoms with Crippen molar-refractivity contribution in [3.05, 3.63) is 71.0 Å². The summed E-state index contributed by atoms with van der Waals surface area (Å²) in [4.78, 5) is 16.7. The highest BCUT2D eigenvalue weighted by atomic mass is 32.1. The molecule has 5 nitrogen and oxygen atoms in total. The van der Waals surface area contributed by atoms with Crippen molar-refractivity contribution < 1.29 is 9.53 Å². The van der Waals surface area contributed by atoms with E-state index in [2.05, 4.69) is 52.8 Å². The van der Waals surface area contributed by atoms with Crippen LogP contribution in [0.5, 0.6) is 10.9 Å². The molecule has 0 radical (unpaired) electrons. The molecule has 0 saturated heterocycles. The molecule has 0 unspecified atom stereocenters. The average Bonchev–Trinajstić information content (AvgIpc) is 3.14. The number of unbranched alkanes of at least 4 members (excludes halogenated alkanes) is 2. The van der Waals surface area contributed by atoms with Gasteiger partial charge in [0, 0.05) is 30.1 Å². The number of amides is 1. The molecule has 0 atom stereocenters. The third-order valence-corrected chi connectivity index (χ3v) is 4.93. The lowest BCUT2D eigenvalue weighted by Crippen LogP contribution is -2.24. The molecule has 0 bridgehead atoms. The van der Waals surface area contributed by atoms with Gasteiger partial charge in [0.15, 0.2) is 5.82 Å². The molecule has 1 N–H and O–H groups in total. The minimum atomic E-state index is -0.0844. The van der Waals surface area contributed by atoms with Crippen LogP contribution in [0, 0.1) is 6.92 Å². The third kappa shape index (κ3) is 5.89. The lowest BCUT2D eigenvalue weighted by molar-refractivity contribution is 0.0952. The molecule has 28 heavy (non-hydrogen) atoms. The molecule has 0 aliphatic carbocycles. The van der Waals surface area contributed by atoms with Gasteiger partial charge in [-0.25, -0.2) is 0 Å². The van der Waals surface area contributed by atoms with Crippen molar-refractivity contribution in [3.8, 4) is 10.9 Å². The number of hydrogen-bond donors (Lipinski definition) is 1. The smallest absolute Gasteiger partial charge is 0.298 e. The van der Waals surface area contributed by atoms with E-state index in [9.17, 15) is 4.79 Å². The molecule has 3 rings (SSSR count). The number of carbonyl (C=O) groups excluding carboxylic acids is 1. The molecular weight excluding hydrogens is 370 g/mol. The van der Waals surface area contributed by atoms with E-state index in [1.54, 1.807) is 12.1 Å². The molecule has 0 spiro atoms. The maximum absolute atomic E-state index is 12.3. The summed E-state index contributed by atoms with van der Waals surface area (Å²) >= 11 is 1.22. The molecule has 1 amide bonds. The van der Waals surface area contributed by atoms with Gasteiger partial charge in [0.25, 0.3) is 11.1 Å². The second-order valence-corrected chi connectivity index (χ2v) is 7.45. The zero-order valence-electron chi connectivity index (χ0n) is 16.3. The van der Waals surface area contributed by atoms with E-state index in [4.69, 9.17) is 4.74 Å². The zero-order valence-corrected chi connectivity index (χ0v) is 17.1. The predicted octanol–water partition coefficient (Wildman–Crippen LogP) is 5.15. The summed E-state index contributed by atoms with van der Waals surface area (Å²) in [6, 6.07) is 15.5. The van der Waals surface area contributed by atoms with Crippen LogP contribution in [0.15, 0.2) is 48.5 Å². The van der Waals surface area contributed by atoms with E-state index < -0.39 is 0 Å². The maximum Gasteiger partial charge on any atom is 0.298 e. The van der Waals surface area contributed by atoms with Crippen LogP contribution in [0.1, 0.15) is 53.5 Å². The first-order valence-electron chi connectivity index (χ1n) is 9.58. The highest BCUT2D eigenvalue weighted by Crippen LogP contribution is 2.24. The van der Waals surface area contributed by atoms with Crippen molar-refractivity contribution in [2.45, 2.75) is 39.5 Å². The van der Waals surface area contributed by atoms with E-state index in [1.807, 2.05) is 12.1 Å². The topological polar surface area (TPSA) is 64.1 Å². The standard InChI is InChI=1S/C22H25N3O2S/c1-3-4-5-13-23-21(26)18-7-6-8-19(15-18)27-22-24-20(25-28-22)14-17-11-9-16(2)10-12-17/h6-12,15H,3-5,13-14H2,1-2H3,(H,23,26). The van der Waals surface area contributed by atoms with Gasteiger partial charge in [0.1, 0.15) is 5.75 Å². The van der Waals surface area contributed by atoms with Crippen LogP contribution in [0.2, 0.25) is 0 Å². The minimum Gasteiger partial charge on any atom is -0.430 e. The van der Waals surface area contributed by atoms with E-state index in [-0.39, 0.29) is 5.91 Å². The van der Waals surface area contributed by atoms with Gasteiger partial charge in [0.05, 0.1) is 0 Å². The third-order valence-electron chi connectivity index (χ3n) is 4.30. The predicted molar refractivity (Wildman–Crippen MR) is 112 cm³/mol. The van der Waals surface area contributed by atoms with Crippen LogP contribution in [0.3, 0.4) is 0 Å². The molecule has 146 valence electrons. The molecule has 0 aliphatic rings. The molecule has 0 saturated carbocycles. The Morgan fingerprint density at radius 1 is 1.14 bits per heavy atom. The number of benzene rings is 2. The summed E-state index contributed by atoms with van der Waals surface area (Å²) in [7, 11) is 0. The summed E-state index contributed by atoms with van der Waals surface area (Å²) in [6.07, 6.45) is 3.91. The van der Waals surface area contributed by atoms with E-state index in [1.165, 1.54) is 17.1 Å².